The molecule has 6 nitrogen and oxygen atoms in total. The number of oxime groups is 1. The van der Waals surface area contributed by atoms with Crippen molar-refractivity contribution < 1.29 is 5.21 Å². The third-order valence-electron chi connectivity index (χ3n) is 3.08. The van der Waals surface area contributed by atoms with Gasteiger partial charge in [-0.2, -0.15) is 0 Å². The average molecular weight is 267 g/mol. The maximum atomic E-state index is 8.90. The van der Waals surface area contributed by atoms with Crippen molar-refractivity contribution in [3.05, 3.63) is 54.0 Å². The lowest BCUT2D eigenvalue weighted by Crippen LogP contribution is -2.17. The summed E-state index contributed by atoms with van der Waals surface area (Å²) in [5.74, 6) is 0.610. The number of pyridine rings is 1. The van der Waals surface area contributed by atoms with E-state index >= 15 is 0 Å². The molecule has 0 amide bonds. The second-order valence-corrected chi connectivity index (χ2v) is 4.41. The second kappa shape index (κ2) is 4.65. The number of benzene rings is 1. The standard InChI is InChI=1S/C14H13N5O/c1-9-6-7-10(13(15)18-20)14(17-9)19-8-16-11-4-2-3-5-12(11)19/h2-8,20H,1H3,(H2,15,18). The number of nitrogens with zero attached hydrogens (tertiary/aromatic N) is 4. The van der Waals surface area contributed by atoms with Crippen molar-refractivity contribution in [1.29, 1.82) is 0 Å². The van der Waals surface area contributed by atoms with E-state index in [2.05, 4.69) is 15.1 Å². The molecule has 0 fully saturated rings. The molecule has 0 bridgehead atoms. The predicted molar refractivity (Wildman–Crippen MR) is 76.1 cm³/mol. The molecule has 2 aromatic heterocycles. The number of fused-ring (bicyclic) bond motifs is 1. The van der Waals surface area contributed by atoms with E-state index in [1.54, 1.807) is 12.4 Å². The van der Waals surface area contributed by atoms with Gasteiger partial charge < -0.3 is 10.9 Å². The van der Waals surface area contributed by atoms with Gasteiger partial charge in [0, 0.05) is 5.69 Å². The molecule has 0 atom stereocenters. The van der Waals surface area contributed by atoms with Crippen molar-refractivity contribution >= 4 is 16.9 Å². The molecule has 20 heavy (non-hydrogen) atoms. The highest BCUT2D eigenvalue weighted by molar-refractivity contribution is 6.00. The fourth-order valence-electron chi connectivity index (χ4n) is 2.11. The highest BCUT2D eigenvalue weighted by Gasteiger charge is 2.13. The zero-order chi connectivity index (χ0) is 14.1. The summed E-state index contributed by atoms with van der Waals surface area (Å²) in [6, 6.07) is 11.3. The van der Waals surface area contributed by atoms with Gasteiger partial charge in [0.2, 0.25) is 0 Å². The van der Waals surface area contributed by atoms with Gasteiger partial charge in [0.05, 0.1) is 16.6 Å². The zero-order valence-corrected chi connectivity index (χ0v) is 10.9. The quantitative estimate of drug-likeness (QED) is 0.321. The molecule has 100 valence electrons. The predicted octanol–water partition coefficient (Wildman–Crippen LogP) is 1.82. The van der Waals surface area contributed by atoms with Crippen molar-refractivity contribution in [2.75, 3.05) is 0 Å². The van der Waals surface area contributed by atoms with Crippen LogP contribution in [0.2, 0.25) is 0 Å². The molecule has 0 spiro atoms. The number of para-hydroxylation sites is 2. The number of amidine groups is 1. The highest BCUT2D eigenvalue weighted by atomic mass is 16.4. The molecule has 0 unspecified atom stereocenters. The van der Waals surface area contributed by atoms with Crippen LogP contribution >= 0.6 is 0 Å². The Labute approximate surface area is 115 Å². The van der Waals surface area contributed by atoms with Crippen LogP contribution in [0.15, 0.2) is 47.9 Å². The molecular weight excluding hydrogens is 254 g/mol. The van der Waals surface area contributed by atoms with Crippen molar-refractivity contribution in [3.63, 3.8) is 0 Å². The largest absolute Gasteiger partial charge is 0.409 e. The van der Waals surface area contributed by atoms with E-state index in [9.17, 15) is 0 Å². The van der Waals surface area contributed by atoms with Crippen molar-refractivity contribution in [2.45, 2.75) is 6.92 Å². The van der Waals surface area contributed by atoms with Gasteiger partial charge in [-0.25, -0.2) is 9.97 Å². The number of rotatable bonds is 2. The third kappa shape index (κ3) is 1.87. The number of hydrogen-bond acceptors (Lipinski definition) is 4. The Morgan fingerprint density at radius 3 is 2.85 bits per heavy atom. The minimum absolute atomic E-state index is 0.0188. The number of nitrogens with two attached hydrogens (primary N) is 1. The fourth-order valence-corrected chi connectivity index (χ4v) is 2.11. The lowest BCUT2D eigenvalue weighted by Gasteiger charge is -2.10. The first-order chi connectivity index (χ1) is 9.70. The molecule has 0 radical (unpaired) electrons. The van der Waals surface area contributed by atoms with Crippen LogP contribution in [-0.4, -0.2) is 25.6 Å². The summed E-state index contributed by atoms with van der Waals surface area (Å²) in [7, 11) is 0. The molecule has 0 saturated heterocycles. The van der Waals surface area contributed by atoms with E-state index in [1.807, 2.05) is 41.8 Å². The Kier molecular flexibility index (Phi) is 2.83. The Bertz CT molecular complexity index is 806. The molecule has 3 N–H and O–H groups in total. The second-order valence-electron chi connectivity index (χ2n) is 4.41. The number of aryl methyl sites for hydroxylation is 1. The zero-order valence-electron chi connectivity index (χ0n) is 10.9. The monoisotopic (exact) mass is 267 g/mol. The van der Waals surface area contributed by atoms with E-state index in [1.165, 1.54) is 0 Å². The van der Waals surface area contributed by atoms with E-state index in [4.69, 9.17) is 10.9 Å². The van der Waals surface area contributed by atoms with Gasteiger partial charge in [-0.3, -0.25) is 4.57 Å². The minimum atomic E-state index is 0.0188. The molecule has 3 aromatic rings. The molecule has 2 heterocycles. The maximum Gasteiger partial charge on any atom is 0.173 e. The summed E-state index contributed by atoms with van der Waals surface area (Å²) >= 11 is 0. The Balaban J connectivity index is 2.31. The van der Waals surface area contributed by atoms with Crippen LogP contribution in [0.1, 0.15) is 11.3 Å². The SMILES string of the molecule is Cc1ccc(C(N)=NO)c(-n2cnc3ccccc32)n1. The van der Waals surface area contributed by atoms with Crippen LogP contribution in [0.3, 0.4) is 0 Å². The number of hydrogen-bond donors (Lipinski definition) is 2. The van der Waals surface area contributed by atoms with Gasteiger partial charge in [0.15, 0.2) is 5.84 Å². The van der Waals surface area contributed by atoms with E-state index in [0.717, 1.165) is 16.7 Å². The first-order valence-corrected chi connectivity index (χ1v) is 6.08. The summed E-state index contributed by atoms with van der Waals surface area (Å²) in [5, 5.41) is 12.0. The Morgan fingerprint density at radius 1 is 1.25 bits per heavy atom. The molecule has 0 aliphatic rings. The van der Waals surface area contributed by atoms with Crippen LogP contribution in [-0.2, 0) is 0 Å². The number of imidazole rings is 1. The molecule has 0 aliphatic heterocycles. The molecular formula is C14H13N5O. The van der Waals surface area contributed by atoms with Crippen LogP contribution in [0.4, 0.5) is 0 Å². The van der Waals surface area contributed by atoms with Crippen LogP contribution in [0.5, 0.6) is 0 Å². The smallest absolute Gasteiger partial charge is 0.173 e. The molecule has 0 saturated carbocycles. The third-order valence-corrected chi connectivity index (χ3v) is 3.08. The minimum Gasteiger partial charge on any atom is -0.409 e. The van der Waals surface area contributed by atoms with Gasteiger partial charge in [-0.1, -0.05) is 17.3 Å². The average Bonchev–Trinajstić information content (AvgIpc) is 2.90. The molecule has 6 heteroatoms. The molecule has 1 aromatic carbocycles. The maximum absolute atomic E-state index is 8.90. The Morgan fingerprint density at radius 2 is 2.05 bits per heavy atom. The summed E-state index contributed by atoms with van der Waals surface area (Å²) in [4.78, 5) is 8.82. The summed E-state index contributed by atoms with van der Waals surface area (Å²) in [5.41, 5.74) is 8.90. The topological polar surface area (TPSA) is 89.3 Å². The van der Waals surface area contributed by atoms with Crippen molar-refractivity contribution in [1.82, 2.24) is 14.5 Å². The van der Waals surface area contributed by atoms with Gasteiger partial charge >= 0.3 is 0 Å². The molecule has 3 rings (SSSR count). The lowest BCUT2D eigenvalue weighted by atomic mass is 10.2. The van der Waals surface area contributed by atoms with Gasteiger partial charge in [-0.15, -0.1) is 0 Å². The number of aromatic nitrogens is 3. The lowest BCUT2D eigenvalue weighted by molar-refractivity contribution is 0.318. The first-order valence-electron chi connectivity index (χ1n) is 6.08. The summed E-state index contributed by atoms with van der Waals surface area (Å²) in [6.07, 6.45) is 1.68. The first kappa shape index (κ1) is 12.2. The van der Waals surface area contributed by atoms with Crippen molar-refractivity contribution in [2.24, 2.45) is 10.9 Å². The molecule has 0 aliphatic carbocycles. The van der Waals surface area contributed by atoms with Crippen LogP contribution in [0, 0.1) is 6.92 Å². The van der Waals surface area contributed by atoms with Crippen LogP contribution in [0.25, 0.3) is 16.9 Å². The fraction of sp³-hybridized carbons (Fsp3) is 0.0714. The summed E-state index contributed by atoms with van der Waals surface area (Å²) < 4.78 is 1.83. The van der Waals surface area contributed by atoms with Crippen molar-refractivity contribution in [3.8, 4) is 5.82 Å². The highest BCUT2D eigenvalue weighted by Crippen LogP contribution is 2.19. The van der Waals surface area contributed by atoms with E-state index < -0.39 is 0 Å². The van der Waals surface area contributed by atoms with E-state index in [-0.39, 0.29) is 5.84 Å². The Hall–Kier alpha value is -2.89. The van der Waals surface area contributed by atoms with Gasteiger partial charge in [-0.05, 0) is 31.2 Å². The van der Waals surface area contributed by atoms with Gasteiger partial charge in [0.1, 0.15) is 12.1 Å². The summed E-state index contributed by atoms with van der Waals surface area (Å²) in [6.45, 7) is 1.89. The van der Waals surface area contributed by atoms with Crippen LogP contribution < -0.4 is 5.73 Å². The normalized spacial score (nSPS) is 11.9. The van der Waals surface area contributed by atoms with E-state index in [0.29, 0.717) is 11.4 Å². The van der Waals surface area contributed by atoms with Gasteiger partial charge in [0.25, 0.3) is 0 Å².